The van der Waals surface area contributed by atoms with Crippen molar-refractivity contribution < 1.29 is 26.3 Å². The predicted molar refractivity (Wildman–Crippen MR) is 76.6 cm³/mol. The van der Waals surface area contributed by atoms with Crippen molar-refractivity contribution >= 4 is 12.4 Å². The highest BCUT2D eigenvalue weighted by atomic mass is 35.5. The van der Waals surface area contributed by atoms with Gasteiger partial charge in [-0.05, 0) is 30.7 Å². The van der Waals surface area contributed by atoms with Crippen LogP contribution in [0.15, 0.2) is 18.2 Å². The first-order valence-corrected chi connectivity index (χ1v) is 6.83. The molecule has 0 unspecified atom stereocenters. The Labute approximate surface area is 136 Å². The van der Waals surface area contributed by atoms with Crippen molar-refractivity contribution in [3.8, 4) is 0 Å². The molecule has 0 saturated carbocycles. The Balaban J connectivity index is 0.00000264. The molecule has 1 atom stereocenters. The smallest absolute Gasteiger partial charge is 0.314 e. The first-order chi connectivity index (χ1) is 10.1. The lowest BCUT2D eigenvalue weighted by atomic mass is 9.99. The number of nitrogens with one attached hydrogen (secondary N) is 1. The summed E-state index contributed by atoms with van der Waals surface area (Å²) in [7, 11) is 0. The van der Waals surface area contributed by atoms with E-state index in [9.17, 15) is 26.3 Å². The van der Waals surface area contributed by atoms with E-state index in [1.165, 1.54) is 0 Å². The highest BCUT2D eigenvalue weighted by Gasteiger charge is 2.37. The molecule has 1 aromatic carbocycles. The normalized spacial score (nSPS) is 18.4. The van der Waals surface area contributed by atoms with Gasteiger partial charge < -0.3 is 5.32 Å². The van der Waals surface area contributed by atoms with Crippen LogP contribution >= 0.6 is 12.4 Å². The van der Waals surface area contributed by atoms with Gasteiger partial charge in [-0.15, -0.1) is 12.4 Å². The van der Waals surface area contributed by atoms with Gasteiger partial charge in [-0.3, -0.25) is 4.90 Å². The quantitative estimate of drug-likeness (QED) is 0.796. The summed E-state index contributed by atoms with van der Waals surface area (Å²) in [5, 5.41) is 3.09. The fourth-order valence-electron chi connectivity index (χ4n) is 2.50. The Hall–Kier alpha value is -0.990. The average molecular weight is 363 g/mol. The molecule has 0 bridgehead atoms. The molecule has 1 heterocycles. The molecule has 1 saturated heterocycles. The van der Waals surface area contributed by atoms with Crippen molar-refractivity contribution in [2.75, 3.05) is 26.2 Å². The zero-order valence-corrected chi connectivity index (χ0v) is 13.1. The number of halogens is 7. The second-order valence-electron chi connectivity index (χ2n) is 5.30. The standard InChI is InChI=1S/C14H16F6N2.ClH/c1-9(22-4-2-21-3-5-22)10-6-11(13(15,16)17)8-12(7-10)14(18,19)20;/h6-9,21H,2-5H2,1H3;1H/t9-;/m1./s1. The highest BCUT2D eigenvalue weighted by molar-refractivity contribution is 5.85. The number of benzene rings is 1. The number of hydrogen-bond acceptors (Lipinski definition) is 2. The Morgan fingerprint density at radius 2 is 1.35 bits per heavy atom. The summed E-state index contributed by atoms with van der Waals surface area (Å²) < 4.78 is 77.1. The van der Waals surface area contributed by atoms with Crippen LogP contribution in [-0.2, 0) is 12.4 Å². The van der Waals surface area contributed by atoms with E-state index in [0.29, 0.717) is 26.2 Å². The Kier molecular flexibility index (Phi) is 6.34. The van der Waals surface area contributed by atoms with Crippen LogP contribution in [0.4, 0.5) is 26.3 Å². The summed E-state index contributed by atoms with van der Waals surface area (Å²) in [6, 6.07) is 1.27. The first kappa shape index (κ1) is 20.1. The van der Waals surface area contributed by atoms with Gasteiger partial charge in [-0.25, -0.2) is 0 Å². The molecule has 1 aliphatic rings. The van der Waals surface area contributed by atoms with E-state index >= 15 is 0 Å². The molecule has 1 N–H and O–H groups in total. The van der Waals surface area contributed by atoms with Gasteiger partial charge in [-0.1, -0.05) is 0 Å². The molecule has 132 valence electrons. The van der Waals surface area contributed by atoms with E-state index in [-0.39, 0.29) is 24.0 Å². The molecular weight excluding hydrogens is 346 g/mol. The minimum absolute atomic E-state index is 0. The van der Waals surface area contributed by atoms with E-state index in [4.69, 9.17) is 0 Å². The van der Waals surface area contributed by atoms with Gasteiger partial charge in [0.1, 0.15) is 0 Å². The number of rotatable bonds is 2. The van der Waals surface area contributed by atoms with Crippen molar-refractivity contribution in [1.29, 1.82) is 0 Å². The summed E-state index contributed by atoms with van der Waals surface area (Å²) >= 11 is 0. The largest absolute Gasteiger partial charge is 0.416 e. The van der Waals surface area contributed by atoms with Crippen LogP contribution in [-0.4, -0.2) is 31.1 Å². The highest BCUT2D eigenvalue weighted by Crippen LogP contribution is 2.38. The maximum atomic E-state index is 12.9. The summed E-state index contributed by atoms with van der Waals surface area (Å²) in [4.78, 5) is 1.87. The Morgan fingerprint density at radius 1 is 0.913 bits per heavy atom. The third kappa shape index (κ3) is 4.99. The lowest BCUT2D eigenvalue weighted by Crippen LogP contribution is -2.44. The minimum atomic E-state index is -4.81. The fraction of sp³-hybridized carbons (Fsp3) is 0.571. The molecule has 1 aliphatic heterocycles. The number of alkyl halides is 6. The van der Waals surface area contributed by atoms with Crippen molar-refractivity contribution in [2.45, 2.75) is 25.3 Å². The van der Waals surface area contributed by atoms with Crippen LogP contribution in [0.2, 0.25) is 0 Å². The number of nitrogens with zero attached hydrogens (tertiary/aromatic N) is 1. The van der Waals surface area contributed by atoms with Crippen molar-refractivity contribution in [1.82, 2.24) is 10.2 Å². The van der Waals surface area contributed by atoms with E-state index in [0.717, 1.165) is 12.1 Å². The SMILES string of the molecule is C[C@H](c1cc(C(F)(F)F)cc(C(F)(F)F)c1)N1CCNCC1.Cl. The minimum Gasteiger partial charge on any atom is -0.314 e. The van der Waals surface area contributed by atoms with Gasteiger partial charge >= 0.3 is 12.4 Å². The lowest BCUT2D eigenvalue weighted by Gasteiger charge is -2.33. The van der Waals surface area contributed by atoms with Crippen LogP contribution in [0.25, 0.3) is 0 Å². The topological polar surface area (TPSA) is 15.3 Å². The van der Waals surface area contributed by atoms with Crippen molar-refractivity contribution in [2.24, 2.45) is 0 Å². The van der Waals surface area contributed by atoms with Crippen molar-refractivity contribution in [3.63, 3.8) is 0 Å². The zero-order valence-electron chi connectivity index (χ0n) is 12.3. The monoisotopic (exact) mass is 362 g/mol. The second kappa shape index (κ2) is 7.27. The Morgan fingerprint density at radius 3 is 1.74 bits per heavy atom. The molecular formula is C14H17ClF6N2. The zero-order chi connectivity index (χ0) is 16.5. The maximum Gasteiger partial charge on any atom is 0.416 e. The van der Waals surface area contributed by atoms with Crippen LogP contribution in [0.5, 0.6) is 0 Å². The molecule has 0 spiro atoms. The third-order valence-electron chi connectivity index (χ3n) is 3.79. The van der Waals surface area contributed by atoms with E-state index in [1.54, 1.807) is 6.92 Å². The second-order valence-corrected chi connectivity index (χ2v) is 5.30. The fourth-order valence-corrected chi connectivity index (χ4v) is 2.50. The van der Waals surface area contributed by atoms with Crippen molar-refractivity contribution in [3.05, 3.63) is 34.9 Å². The number of piperazine rings is 1. The molecule has 23 heavy (non-hydrogen) atoms. The summed E-state index contributed by atoms with van der Waals surface area (Å²) in [5.74, 6) is 0. The summed E-state index contributed by atoms with van der Waals surface area (Å²) in [6.45, 7) is 4.11. The molecule has 9 heteroatoms. The van der Waals surface area contributed by atoms with Crippen LogP contribution < -0.4 is 5.32 Å². The van der Waals surface area contributed by atoms with Gasteiger partial charge in [0.2, 0.25) is 0 Å². The Bertz CT molecular complexity index is 491. The molecule has 1 aromatic rings. The van der Waals surface area contributed by atoms with Gasteiger partial charge in [0, 0.05) is 32.2 Å². The average Bonchev–Trinajstić information content (AvgIpc) is 2.45. The molecule has 0 aliphatic carbocycles. The van der Waals surface area contributed by atoms with Gasteiger partial charge in [-0.2, -0.15) is 26.3 Å². The molecule has 0 radical (unpaired) electrons. The molecule has 0 aromatic heterocycles. The van der Waals surface area contributed by atoms with E-state index in [1.807, 2.05) is 4.90 Å². The van der Waals surface area contributed by atoms with Gasteiger partial charge in [0.25, 0.3) is 0 Å². The molecule has 2 nitrogen and oxygen atoms in total. The van der Waals surface area contributed by atoms with E-state index < -0.39 is 29.5 Å². The maximum absolute atomic E-state index is 12.9. The molecule has 1 fully saturated rings. The van der Waals surface area contributed by atoms with E-state index in [2.05, 4.69) is 5.32 Å². The lowest BCUT2D eigenvalue weighted by molar-refractivity contribution is -0.143. The van der Waals surface area contributed by atoms with Crippen LogP contribution in [0.3, 0.4) is 0 Å². The third-order valence-corrected chi connectivity index (χ3v) is 3.79. The van der Waals surface area contributed by atoms with Gasteiger partial charge in [0.15, 0.2) is 0 Å². The van der Waals surface area contributed by atoms with Gasteiger partial charge in [0.05, 0.1) is 11.1 Å². The number of hydrogen-bond donors (Lipinski definition) is 1. The molecule has 0 amide bonds. The van der Waals surface area contributed by atoms with Crippen LogP contribution in [0.1, 0.15) is 29.7 Å². The predicted octanol–water partition coefficient (Wildman–Crippen LogP) is 4.11. The van der Waals surface area contributed by atoms with Crippen LogP contribution in [0, 0.1) is 0 Å². The summed E-state index contributed by atoms with van der Waals surface area (Å²) in [6.07, 6.45) is -9.61. The molecule has 2 rings (SSSR count). The first-order valence-electron chi connectivity index (χ1n) is 6.83. The summed E-state index contributed by atoms with van der Waals surface area (Å²) in [5.41, 5.74) is -2.50.